The summed E-state index contributed by atoms with van der Waals surface area (Å²) >= 11 is 0. The summed E-state index contributed by atoms with van der Waals surface area (Å²) in [5.74, 6) is -0.278. The van der Waals surface area contributed by atoms with Crippen LogP contribution in [0.5, 0.6) is 0 Å². The standard InChI is InChI=1S/C28H39N3O3S/c1-23-14-12-13-15-25(23)22-31(35(2,33)34)27-20-18-24(19-21-27)28(32)30-29-26-16-10-8-6-4-3-5-7-9-11-17-26/h12-15,18-21H,3-11,16-17,22H2,1-2H3,(H,30,32). The fraction of sp³-hybridized carbons (Fsp3) is 0.500. The molecule has 0 heterocycles. The minimum atomic E-state index is -3.50. The van der Waals surface area contributed by atoms with Crippen LogP contribution in [0.3, 0.4) is 0 Å². The molecular formula is C28H39N3O3S. The summed E-state index contributed by atoms with van der Waals surface area (Å²) in [6, 6.07) is 14.4. The number of nitrogens with zero attached hydrogens (tertiary/aromatic N) is 2. The lowest BCUT2D eigenvalue weighted by Crippen LogP contribution is -2.29. The van der Waals surface area contributed by atoms with E-state index in [1.165, 1.54) is 55.5 Å². The Morgan fingerprint density at radius 2 is 1.40 bits per heavy atom. The van der Waals surface area contributed by atoms with Gasteiger partial charge < -0.3 is 0 Å². The van der Waals surface area contributed by atoms with Gasteiger partial charge >= 0.3 is 0 Å². The van der Waals surface area contributed by atoms with E-state index in [9.17, 15) is 13.2 Å². The number of nitrogens with one attached hydrogen (secondary N) is 1. The first-order valence-corrected chi connectivity index (χ1v) is 14.7. The first-order valence-electron chi connectivity index (χ1n) is 12.8. The van der Waals surface area contributed by atoms with Crippen LogP contribution in [-0.2, 0) is 16.6 Å². The Balaban J connectivity index is 1.66. The molecular weight excluding hydrogens is 458 g/mol. The third-order valence-electron chi connectivity index (χ3n) is 6.64. The van der Waals surface area contributed by atoms with Gasteiger partial charge in [0, 0.05) is 11.3 Å². The Hall–Kier alpha value is -2.67. The fourth-order valence-corrected chi connectivity index (χ4v) is 5.33. The highest BCUT2D eigenvalue weighted by Gasteiger charge is 2.19. The molecule has 1 fully saturated rings. The van der Waals surface area contributed by atoms with E-state index in [4.69, 9.17) is 0 Å². The van der Waals surface area contributed by atoms with E-state index in [2.05, 4.69) is 10.5 Å². The highest BCUT2D eigenvalue weighted by atomic mass is 32.2. The molecule has 35 heavy (non-hydrogen) atoms. The number of amides is 1. The van der Waals surface area contributed by atoms with E-state index >= 15 is 0 Å². The van der Waals surface area contributed by atoms with E-state index < -0.39 is 10.0 Å². The summed E-state index contributed by atoms with van der Waals surface area (Å²) in [6.45, 7) is 2.21. The second-order valence-electron chi connectivity index (χ2n) is 9.54. The van der Waals surface area contributed by atoms with Gasteiger partial charge in [0.05, 0.1) is 18.5 Å². The lowest BCUT2D eigenvalue weighted by Gasteiger charge is -2.23. The average Bonchev–Trinajstić information content (AvgIpc) is 2.82. The van der Waals surface area contributed by atoms with Crippen molar-refractivity contribution in [3.05, 3.63) is 65.2 Å². The summed E-state index contributed by atoms with van der Waals surface area (Å²) in [6.07, 6.45) is 14.3. The molecule has 0 bridgehead atoms. The Bertz CT molecular complexity index is 1080. The van der Waals surface area contributed by atoms with Crippen molar-refractivity contribution < 1.29 is 13.2 Å². The van der Waals surface area contributed by atoms with Crippen molar-refractivity contribution in [2.75, 3.05) is 10.6 Å². The summed E-state index contributed by atoms with van der Waals surface area (Å²) < 4.78 is 26.4. The highest BCUT2D eigenvalue weighted by molar-refractivity contribution is 7.92. The second-order valence-corrected chi connectivity index (χ2v) is 11.5. The largest absolute Gasteiger partial charge is 0.271 e. The molecule has 1 saturated carbocycles. The Labute approximate surface area is 210 Å². The van der Waals surface area contributed by atoms with Gasteiger partial charge in [0.1, 0.15) is 0 Å². The van der Waals surface area contributed by atoms with Gasteiger partial charge in [-0.3, -0.25) is 9.10 Å². The molecule has 3 rings (SSSR count). The predicted octanol–water partition coefficient (Wildman–Crippen LogP) is 6.35. The van der Waals surface area contributed by atoms with Crippen LogP contribution in [0.15, 0.2) is 53.6 Å². The van der Waals surface area contributed by atoms with Crippen LogP contribution < -0.4 is 9.73 Å². The monoisotopic (exact) mass is 497 g/mol. The molecule has 6 nitrogen and oxygen atoms in total. The lowest BCUT2D eigenvalue weighted by atomic mass is 10.00. The number of benzene rings is 2. The Kier molecular flexibility index (Phi) is 10.3. The van der Waals surface area contributed by atoms with Crippen molar-refractivity contribution in [3.8, 4) is 0 Å². The van der Waals surface area contributed by atoms with Crippen molar-refractivity contribution in [1.82, 2.24) is 5.43 Å². The van der Waals surface area contributed by atoms with Crippen LogP contribution in [0.4, 0.5) is 5.69 Å². The van der Waals surface area contributed by atoms with Crippen molar-refractivity contribution in [2.45, 2.75) is 84.1 Å². The smallest absolute Gasteiger partial charge is 0.267 e. The van der Waals surface area contributed by atoms with Crippen LogP contribution in [0.2, 0.25) is 0 Å². The molecule has 0 unspecified atom stereocenters. The lowest BCUT2D eigenvalue weighted by molar-refractivity contribution is 0.0954. The summed E-state index contributed by atoms with van der Waals surface area (Å²) in [5.41, 5.74) is 6.74. The van der Waals surface area contributed by atoms with Crippen LogP contribution in [0, 0.1) is 6.92 Å². The minimum Gasteiger partial charge on any atom is -0.267 e. The summed E-state index contributed by atoms with van der Waals surface area (Å²) in [5, 5.41) is 4.46. The number of carbonyl (C=O) groups is 1. The van der Waals surface area contributed by atoms with Crippen LogP contribution in [0.25, 0.3) is 0 Å². The molecule has 7 heteroatoms. The first-order chi connectivity index (χ1) is 16.8. The number of hydrogen-bond donors (Lipinski definition) is 1. The molecule has 0 atom stereocenters. The van der Waals surface area contributed by atoms with Gasteiger partial charge in [-0.15, -0.1) is 0 Å². The van der Waals surface area contributed by atoms with Crippen molar-refractivity contribution in [1.29, 1.82) is 0 Å². The van der Waals surface area contributed by atoms with Crippen LogP contribution >= 0.6 is 0 Å². The normalized spacial score (nSPS) is 16.0. The molecule has 0 spiro atoms. The van der Waals surface area contributed by atoms with E-state index in [1.807, 2.05) is 31.2 Å². The Morgan fingerprint density at radius 3 is 1.94 bits per heavy atom. The second kappa shape index (κ2) is 13.4. The zero-order valence-corrected chi connectivity index (χ0v) is 21.9. The molecule has 190 valence electrons. The van der Waals surface area contributed by atoms with Crippen LogP contribution in [-0.4, -0.2) is 26.3 Å². The fourth-order valence-electron chi connectivity index (χ4n) is 4.45. The molecule has 0 aliphatic heterocycles. The average molecular weight is 498 g/mol. The molecule has 0 aromatic heterocycles. The molecule has 2 aromatic carbocycles. The SMILES string of the molecule is Cc1ccccc1CN(c1ccc(C(=O)NN=C2CCCCCCCCCCC2)cc1)S(C)(=O)=O. The van der Waals surface area contributed by atoms with Gasteiger partial charge in [0.25, 0.3) is 5.91 Å². The molecule has 1 N–H and O–H groups in total. The van der Waals surface area contributed by atoms with Gasteiger partial charge in [-0.25, -0.2) is 13.8 Å². The number of aryl methyl sites for hydroxylation is 1. The van der Waals surface area contributed by atoms with E-state index in [0.717, 1.165) is 42.5 Å². The maximum Gasteiger partial charge on any atom is 0.271 e. The van der Waals surface area contributed by atoms with Crippen molar-refractivity contribution in [2.24, 2.45) is 5.10 Å². The minimum absolute atomic E-state index is 0.241. The van der Waals surface area contributed by atoms with Crippen molar-refractivity contribution >= 4 is 27.3 Å². The van der Waals surface area contributed by atoms with Gasteiger partial charge in [-0.1, -0.05) is 69.2 Å². The number of sulfonamides is 1. The molecule has 1 aliphatic carbocycles. The third-order valence-corrected chi connectivity index (χ3v) is 7.78. The van der Waals surface area contributed by atoms with E-state index in [1.54, 1.807) is 24.3 Å². The third kappa shape index (κ3) is 8.80. The zero-order valence-electron chi connectivity index (χ0n) is 21.1. The molecule has 0 saturated heterocycles. The predicted molar refractivity (Wildman–Crippen MR) is 144 cm³/mol. The Morgan fingerprint density at radius 1 is 0.857 bits per heavy atom. The maximum absolute atomic E-state index is 12.7. The van der Waals surface area contributed by atoms with E-state index in [0.29, 0.717) is 11.3 Å². The quantitative estimate of drug-likeness (QED) is 0.472. The first kappa shape index (κ1) is 26.9. The molecule has 0 radical (unpaired) electrons. The highest BCUT2D eigenvalue weighted by Crippen LogP contribution is 2.23. The summed E-state index contributed by atoms with van der Waals surface area (Å²) in [7, 11) is -3.50. The number of carbonyl (C=O) groups excluding carboxylic acids is 1. The van der Waals surface area contributed by atoms with Gasteiger partial charge in [0.15, 0.2) is 0 Å². The molecule has 1 amide bonds. The van der Waals surface area contributed by atoms with Gasteiger partial charge in [-0.05, 0) is 68.0 Å². The number of rotatable bonds is 6. The van der Waals surface area contributed by atoms with Crippen LogP contribution in [0.1, 0.15) is 92.1 Å². The topological polar surface area (TPSA) is 78.8 Å². The van der Waals surface area contributed by atoms with Gasteiger partial charge in [0.2, 0.25) is 10.0 Å². The van der Waals surface area contributed by atoms with Gasteiger partial charge in [-0.2, -0.15) is 5.10 Å². The summed E-state index contributed by atoms with van der Waals surface area (Å²) in [4.78, 5) is 12.7. The molecule has 2 aromatic rings. The number of hydrogen-bond acceptors (Lipinski definition) is 4. The maximum atomic E-state index is 12.7. The number of anilines is 1. The number of hydrazone groups is 1. The van der Waals surface area contributed by atoms with E-state index in [-0.39, 0.29) is 12.5 Å². The zero-order chi connectivity index (χ0) is 25.1. The molecule has 1 aliphatic rings. The van der Waals surface area contributed by atoms with Crippen molar-refractivity contribution in [3.63, 3.8) is 0 Å².